The van der Waals surface area contributed by atoms with E-state index in [4.69, 9.17) is 4.74 Å². The molecule has 0 atom stereocenters. The van der Waals surface area contributed by atoms with Gasteiger partial charge in [-0.25, -0.2) is 0 Å². The number of anilines is 3. The highest BCUT2D eigenvalue weighted by Gasteiger charge is 2.26. The number of nitrogens with one attached hydrogen (secondary N) is 4. The van der Waals surface area contributed by atoms with E-state index in [0.717, 1.165) is 16.9 Å². The van der Waals surface area contributed by atoms with Gasteiger partial charge in [0.15, 0.2) is 11.5 Å². The van der Waals surface area contributed by atoms with Crippen LogP contribution in [0, 0.1) is 10.1 Å². The van der Waals surface area contributed by atoms with Crippen LogP contribution < -0.4 is 20.7 Å². The average molecular weight is 471 g/mol. The van der Waals surface area contributed by atoms with E-state index in [1.54, 1.807) is 42.6 Å². The molecule has 2 heterocycles. The molecule has 0 unspecified atom stereocenters. The monoisotopic (exact) mass is 471 g/mol. The zero-order valence-electron chi connectivity index (χ0n) is 18.7. The minimum Gasteiger partial charge on any atom is -0.490 e. The van der Waals surface area contributed by atoms with Gasteiger partial charge >= 0.3 is 5.69 Å². The fourth-order valence-corrected chi connectivity index (χ4v) is 4.14. The van der Waals surface area contributed by atoms with Gasteiger partial charge in [0.05, 0.1) is 23.4 Å². The number of rotatable bonds is 5. The highest BCUT2D eigenvalue weighted by molar-refractivity contribution is 6.08. The number of aromatic nitrogens is 1. The van der Waals surface area contributed by atoms with Crippen LogP contribution >= 0.6 is 0 Å². The highest BCUT2D eigenvalue weighted by Crippen LogP contribution is 2.37. The van der Waals surface area contributed by atoms with Crippen molar-refractivity contribution in [3.8, 4) is 5.75 Å². The summed E-state index contributed by atoms with van der Waals surface area (Å²) < 4.78 is 5.18. The molecule has 1 aromatic heterocycles. The largest absolute Gasteiger partial charge is 0.490 e. The van der Waals surface area contributed by atoms with Gasteiger partial charge in [-0.3, -0.25) is 19.7 Å². The fourth-order valence-electron chi connectivity index (χ4n) is 4.14. The van der Waals surface area contributed by atoms with Crippen molar-refractivity contribution in [1.82, 2.24) is 4.98 Å². The lowest BCUT2D eigenvalue weighted by molar-refractivity contribution is -0.385. The Morgan fingerprint density at radius 2 is 2.00 bits per heavy atom. The van der Waals surface area contributed by atoms with Gasteiger partial charge in [0.1, 0.15) is 5.69 Å². The maximum Gasteiger partial charge on any atom is 0.310 e. The number of Topliss-reactive ketones (excluding diaryl/α,β-unsaturated/α-hetero) is 1. The Balaban J connectivity index is 1.42. The number of aromatic amines is 1. The second-order valence-corrected chi connectivity index (χ2v) is 8.08. The minimum absolute atomic E-state index is 0.0529. The van der Waals surface area contributed by atoms with E-state index in [2.05, 4.69) is 20.9 Å². The van der Waals surface area contributed by atoms with Gasteiger partial charge in [0, 0.05) is 42.2 Å². The molecular formula is C25H21N5O5. The molecule has 4 N–H and O–H groups in total. The van der Waals surface area contributed by atoms with Crippen LogP contribution in [0.2, 0.25) is 0 Å². The van der Waals surface area contributed by atoms with Gasteiger partial charge in [-0.05, 0) is 59.7 Å². The van der Waals surface area contributed by atoms with Crippen LogP contribution in [0.5, 0.6) is 5.75 Å². The van der Waals surface area contributed by atoms with Crippen LogP contribution in [0.25, 0.3) is 5.57 Å². The summed E-state index contributed by atoms with van der Waals surface area (Å²) in [4.78, 5) is 38.9. The number of hydrogen-bond acceptors (Lipinski definition) is 7. The summed E-state index contributed by atoms with van der Waals surface area (Å²) in [7, 11) is 1.37. The molecule has 3 aromatic rings. The molecule has 2 aromatic carbocycles. The number of carbonyl (C=O) groups is 2. The molecule has 0 saturated heterocycles. The quantitative estimate of drug-likeness (QED) is 0.321. The predicted octanol–water partition coefficient (Wildman–Crippen LogP) is 4.33. The first-order valence-electron chi connectivity index (χ1n) is 10.8. The van der Waals surface area contributed by atoms with Crippen molar-refractivity contribution in [2.45, 2.75) is 6.42 Å². The number of benzene rings is 2. The van der Waals surface area contributed by atoms with E-state index in [9.17, 15) is 19.7 Å². The van der Waals surface area contributed by atoms with Gasteiger partial charge in [0.25, 0.3) is 5.91 Å². The lowest BCUT2D eigenvalue weighted by Gasteiger charge is -2.19. The molecule has 35 heavy (non-hydrogen) atoms. The molecular weight excluding hydrogens is 450 g/mol. The molecule has 0 radical (unpaired) electrons. The fraction of sp³-hybridized carbons (Fsp3) is 0.120. The number of H-pyrrole nitrogens is 1. The number of nitrogens with zero attached hydrogens (tertiary/aromatic N) is 1. The third-order valence-electron chi connectivity index (χ3n) is 5.92. The second-order valence-electron chi connectivity index (χ2n) is 8.08. The summed E-state index contributed by atoms with van der Waals surface area (Å²) in [5.74, 6) is -0.173. The number of allylic oxidation sites excluding steroid dienone is 2. The van der Waals surface area contributed by atoms with Crippen molar-refractivity contribution >= 4 is 40.0 Å². The molecule has 10 nitrogen and oxygen atoms in total. The molecule has 1 aliphatic heterocycles. The molecule has 1 amide bonds. The average Bonchev–Trinajstić information content (AvgIpc) is 3.33. The van der Waals surface area contributed by atoms with E-state index >= 15 is 0 Å². The van der Waals surface area contributed by atoms with Crippen molar-refractivity contribution < 1.29 is 19.2 Å². The van der Waals surface area contributed by atoms with Gasteiger partial charge in [-0.2, -0.15) is 0 Å². The molecule has 5 rings (SSSR count). The van der Waals surface area contributed by atoms with Crippen LogP contribution in [-0.4, -0.2) is 35.3 Å². The minimum atomic E-state index is -0.506. The third-order valence-corrected chi connectivity index (χ3v) is 5.92. The number of methoxy groups -OCH3 is 1. The lowest BCUT2D eigenvalue weighted by Crippen LogP contribution is -2.18. The summed E-state index contributed by atoms with van der Waals surface area (Å²) in [5.41, 5.74) is 5.08. The Morgan fingerprint density at radius 1 is 1.14 bits per heavy atom. The van der Waals surface area contributed by atoms with Crippen LogP contribution in [0.4, 0.5) is 22.7 Å². The SMILES string of the molecule is COc1cc(C2=CC3=C(CNc4cc(NC(=O)c5ccc[nH]5)ccc4N3)C(=O)C2)ccc1[N+](=O)[O-]. The Bertz CT molecular complexity index is 1420. The maximum absolute atomic E-state index is 13.0. The number of ketones is 1. The van der Waals surface area contributed by atoms with Gasteiger partial charge in [-0.15, -0.1) is 0 Å². The molecule has 1 aliphatic carbocycles. The van der Waals surface area contributed by atoms with E-state index in [-0.39, 0.29) is 29.5 Å². The standard InChI is InChI=1S/C25H21N5O5/c1-35-24-11-14(4-7-22(24)30(33)34)15-9-20-17(23(31)10-15)13-27-21-12-16(5-6-18(21)29-20)28-25(32)19-3-2-8-26-19/h2-9,11-12,26-27,29H,10,13H2,1H3,(H,28,32). The lowest BCUT2D eigenvalue weighted by atomic mass is 9.90. The first-order valence-corrected chi connectivity index (χ1v) is 10.8. The summed E-state index contributed by atoms with van der Waals surface area (Å²) in [6.45, 7) is 0.315. The van der Waals surface area contributed by atoms with Crippen molar-refractivity contribution in [2.24, 2.45) is 0 Å². The first-order chi connectivity index (χ1) is 16.9. The van der Waals surface area contributed by atoms with Crippen LogP contribution in [0.15, 0.2) is 72.1 Å². The third kappa shape index (κ3) is 4.24. The van der Waals surface area contributed by atoms with Gasteiger partial charge in [0.2, 0.25) is 0 Å². The Morgan fingerprint density at radius 3 is 2.74 bits per heavy atom. The van der Waals surface area contributed by atoms with Crippen molar-refractivity contribution in [1.29, 1.82) is 0 Å². The van der Waals surface area contributed by atoms with Crippen molar-refractivity contribution in [3.05, 3.63) is 93.4 Å². The summed E-state index contributed by atoms with van der Waals surface area (Å²) in [5, 5.41) is 20.7. The van der Waals surface area contributed by atoms with E-state index in [0.29, 0.717) is 34.8 Å². The maximum atomic E-state index is 13.0. The second kappa shape index (κ2) is 8.82. The number of nitro groups is 1. The number of hydrogen-bond donors (Lipinski definition) is 4. The molecule has 0 saturated carbocycles. The zero-order valence-corrected chi connectivity index (χ0v) is 18.7. The molecule has 2 aliphatic rings. The topological polar surface area (TPSA) is 138 Å². The van der Waals surface area contributed by atoms with Crippen LogP contribution in [0.1, 0.15) is 22.5 Å². The first kappa shape index (κ1) is 22.0. The summed E-state index contributed by atoms with van der Waals surface area (Å²) >= 11 is 0. The number of ether oxygens (including phenoxy) is 1. The zero-order chi connectivity index (χ0) is 24.5. The Labute approximate surface area is 199 Å². The highest BCUT2D eigenvalue weighted by atomic mass is 16.6. The number of amides is 1. The smallest absolute Gasteiger partial charge is 0.310 e. The predicted molar refractivity (Wildman–Crippen MR) is 132 cm³/mol. The van der Waals surface area contributed by atoms with E-state index in [1.165, 1.54) is 13.2 Å². The van der Waals surface area contributed by atoms with Crippen molar-refractivity contribution in [2.75, 3.05) is 29.6 Å². The Hall–Kier alpha value is -4.86. The van der Waals surface area contributed by atoms with E-state index in [1.807, 2.05) is 12.1 Å². The van der Waals surface area contributed by atoms with E-state index < -0.39 is 4.92 Å². The molecule has 0 fully saturated rings. The Kier molecular flexibility index (Phi) is 5.54. The number of nitro benzene ring substituents is 1. The number of carbonyl (C=O) groups excluding carboxylic acids is 2. The van der Waals surface area contributed by atoms with Crippen molar-refractivity contribution in [3.63, 3.8) is 0 Å². The van der Waals surface area contributed by atoms with Crippen LogP contribution in [-0.2, 0) is 4.79 Å². The molecule has 0 bridgehead atoms. The normalized spacial score (nSPS) is 14.5. The van der Waals surface area contributed by atoms with Gasteiger partial charge < -0.3 is 25.7 Å². The van der Waals surface area contributed by atoms with Gasteiger partial charge in [-0.1, -0.05) is 0 Å². The summed E-state index contributed by atoms with van der Waals surface area (Å²) in [6.07, 6.45) is 3.73. The number of fused-ring (bicyclic) bond motifs is 1. The molecule has 0 spiro atoms. The molecule has 176 valence electrons. The molecule has 10 heteroatoms. The summed E-state index contributed by atoms with van der Waals surface area (Å²) in [6, 6.07) is 13.4. The van der Waals surface area contributed by atoms with Crippen LogP contribution in [0.3, 0.4) is 0 Å².